The summed E-state index contributed by atoms with van der Waals surface area (Å²) in [4.78, 5) is 25.4. The fourth-order valence-electron chi connectivity index (χ4n) is 2.25. The van der Waals surface area contributed by atoms with E-state index in [0.29, 0.717) is 6.54 Å². The molecule has 3 amide bonds. The van der Waals surface area contributed by atoms with Crippen LogP contribution in [0.25, 0.3) is 0 Å². The maximum atomic E-state index is 11.8. The molecule has 6 heteroatoms. The molecule has 6 nitrogen and oxygen atoms in total. The van der Waals surface area contributed by atoms with Crippen molar-refractivity contribution in [2.24, 2.45) is 5.41 Å². The Balaban J connectivity index is 2.33. The molecule has 0 spiro atoms. The highest BCUT2D eigenvalue weighted by atomic mass is 16.2. The predicted octanol–water partition coefficient (Wildman–Crippen LogP) is 0.542. The number of carbonyl (C=O) groups excluding carboxylic acids is 2. The minimum Gasteiger partial charge on any atom is -0.338 e. The first kappa shape index (κ1) is 16.9. The second-order valence-corrected chi connectivity index (χ2v) is 6.07. The number of nitrogens with zero attached hydrogens (tertiary/aromatic N) is 1. The molecule has 0 aliphatic carbocycles. The lowest BCUT2D eigenvalue weighted by atomic mass is 9.80. The van der Waals surface area contributed by atoms with Gasteiger partial charge in [0.05, 0.1) is 6.04 Å². The molecule has 1 fully saturated rings. The average molecular weight is 284 g/mol. The summed E-state index contributed by atoms with van der Waals surface area (Å²) in [6.07, 6.45) is 2.25. The van der Waals surface area contributed by atoms with Crippen molar-refractivity contribution in [3.63, 3.8) is 0 Å². The van der Waals surface area contributed by atoms with E-state index in [-0.39, 0.29) is 17.4 Å². The van der Waals surface area contributed by atoms with Crippen LogP contribution >= 0.6 is 0 Å². The third-order valence-corrected chi connectivity index (χ3v) is 4.00. The fourth-order valence-corrected chi connectivity index (χ4v) is 2.25. The van der Waals surface area contributed by atoms with Crippen LogP contribution in [0.15, 0.2) is 0 Å². The van der Waals surface area contributed by atoms with Crippen molar-refractivity contribution in [3.8, 4) is 0 Å². The predicted molar refractivity (Wildman–Crippen MR) is 79.5 cm³/mol. The number of rotatable bonds is 5. The summed E-state index contributed by atoms with van der Waals surface area (Å²) in [6.45, 7) is 9.34. The van der Waals surface area contributed by atoms with Crippen LogP contribution in [-0.2, 0) is 4.79 Å². The van der Waals surface area contributed by atoms with E-state index in [1.54, 1.807) is 6.92 Å². The topological polar surface area (TPSA) is 73.5 Å². The number of piperidine rings is 1. The molecular formula is C14H28N4O2. The first-order valence-electron chi connectivity index (χ1n) is 7.37. The number of likely N-dealkylation sites (tertiary alicyclic amines) is 1. The monoisotopic (exact) mass is 284 g/mol. The van der Waals surface area contributed by atoms with E-state index in [4.69, 9.17) is 0 Å². The second kappa shape index (κ2) is 7.59. The van der Waals surface area contributed by atoms with E-state index >= 15 is 0 Å². The summed E-state index contributed by atoms with van der Waals surface area (Å²) in [6, 6.07) is -0.800. The van der Waals surface area contributed by atoms with Gasteiger partial charge in [-0.15, -0.1) is 0 Å². The molecule has 1 heterocycles. The van der Waals surface area contributed by atoms with Crippen molar-refractivity contribution in [3.05, 3.63) is 0 Å². The summed E-state index contributed by atoms with van der Waals surface area (Å²) in [7, 11) is 2.13. The second-order valence-electron chi connectivity index (χ2n) is 6.07. The number of nitrogens with one attached hydrogen (secondary N) is 3. The summed E-state index contributed by atoms with van der Waals surface area (Å²) < 4.78 is 0. The molecule has 0 radical (unpaired) electrons. The molecule has 3 N–H and O–H groups in total. The van der Waals surface area contributed by atoms with Crippen molar-refractivity contribution < 1.29 is 9.59 Å². The highest BCUT2D eigenvalue weighted by molar-refractivity contribution is 5.96. The van der Waals surface area contributed by atoms with E-state index in [2.05, 4.69) is 34.8 Å². The third kappa shape index (κ3) is 5.46. The zero-order chi connectivity index (χ0) is 15.2. The van der Waals surface area contributed by atoms with Crippen LogP contribution in [0.5, 0.6) is 0 Å². The van der Waals surface area contributed by atoms with Crippen LogP contribution < -0.4 is 16.0 Å². The molecule has 1 aliphatic heterocycles. The Morgan fingerprint density at radius 1 is 1.30 bits per heavy atom. The van der Waals surface area contributed by atoms with Crippen LogP contribution in [0.2, 0.25) is 0 Å². The summed E-state index contributed by atoms with van der Waals surface area (Å²) in [5, 5.41) is 8.12. The van der Waals surface area contributed by atoms with Gasteiger partial charge in [0.25, 0.3) is 0 Å². The lowest BCUT2D eigenvalue weighted by molar-refractivity contribution is -0.121. The van der Waals surface area contributed by atoms with E-state index in [9.17, 15) is 9.59 Å². The van der Waals surface area contributed by atoms with Gasteiger partial charge in [0, 0.05) is 13.1 Å². The van der Waals surface area contributed by atoms with Gasteiger partial charge < -0.3 is 15.5 Å². The van der Waals surface area contributed by atoms with Gasteiger partial charge in [0.1, 0.15) is 0 Å². The third-order valence-electron chi connectivity index (χ3n) is 4.00. The molecule has 1 unspecified atom stereocenters. The molecule has 1 aliphatic rings. The van der Waals surface area contributed by atoms with Crippen LogP contribution in [-0.4, -0.2) is 56.1 Å². The molecule has 0 bridgehead atoms. The standard InChI is InChI=1S/C14H28N4O2/c1-5-15-13(20)17-12(19)11(2)16-10-14(3)6-8-18(4)9-7-14/h11,16H,5-10H2,1-4H3,(H2,15,17,19,20). The van der Waals surface area contributed by atoms with E-state index < -0.39 is 6.03 Å². The largest absolute Gasteiger partial charge is 0.338 e. The lowest BCUT2D eigenvalue weighted by Gasteiger charge is -2.38. The minimum atomic E-state index is -0.434. The van der Waals surface area contributed by atoms with Gasteiger partial charge in [-0.05, 0) is 52.2 Å². The average Bonchev–Trinajstić information content (AvgIpc) is 2.40. The zero-order valence-corrected chi connectivity index (χ0v) is 13.1. The van der Waals surface area contributed by atoms with Crippen molar-refractivity contribution >= 4 is 11.9 Å². The van der Waals surface area contributed by atoms with Crippen molar-refractivity contribution in [1.29, 1.82) is 0 Å². The number of amides is 3. The Kier molecular flexibility index (Phi) is 6.42. The van der Waals surface area contributed by atoms with Crippen molar-refractivity contribution in [2.45, 2.75) is 39.7 Å². The molecule has 0 aromatic heterocycles. The smallest absolute Gasteiger partial charge is 0.321 e. The molecular weight excluding hydrogens is 256 g/mol. The molecule has 0 aromatic carbocycles. The SMILES string of the molecule is CCNC(=O)NC(=O)C(C)NCC1(C)CCN(C)CC1. The Morgan fingerprint density at radius 3 is 2.45 bits per heavy atom. The molecule has 1 saturated heterocycles. The lowest BCUT2D eigenvalue weighted by Crippen LogP contribution is -2.51. The molecule has 20 heavy (non-hydrogen) atoms. The summed E-state index contributed by atoms with van der Waals surface area (Å²) in [5.74, 6) is -0.285. The Hall–Kier alpha value is -1.14. The van der Waals surface area contributed by atoms with Gasteiger partial charge in [-0.1, -0.05) is 6.92 Å². The summed E-state index contributed by atoms with van der Waals surface area (Å²) >= 11 is 0. The van der Waals surface area contributed by atoms with Crippen LogP contribution in [0, 0.1) is 5.41 Å². The van der Waals surface area contributed by atoms with Gasteiger partial charge in [-0.2, -0.15) is 0 Å². The Labute approximate surface area is 121 Å². The molecule has 0 saturated carbocycles. The fraction of sp³-hybridized carbons (Fsp3) is 0.857. The first-order valence-corrected chi connectivity index (χ1v) is 7.37. The van der Waals surface area contributed by atoms with E-state index in [1.165, 1.54) is 0 Å². The van der Waals surface area contributed by atoms with E-state index in [1.807, 2.05) is 6.92 Å². The van der Waals surface area contributed by atoms with Crippen LogP contribution in [0.3, 0.4) is 0 Å². The molecule has 1 rings (SSSR count). The Morgan fingerprint density at radius 2 is 1.90 bits per heavy atom. The van der Waals surface area contributed by atoms with Gasteiger partial charge in [0.2, 0.25) is 5.91 Å². The van der Waals surface area contributed by atoms with Crippen molar-refractivity contribution in [1.82, 2.24) is 20.9 Å². The maximum absolute atomic E-state index is 11.8. The van der Waals surface area contributed by atoms with Gasteiger partial charge in [0.15, 0.2) is 0 Å². The number of carbonyl (C=O) groups is 2. The molecule has 0 aromatic rings. The van der Waals surface area contributed by atoms with Gasteiger partial charge >= 0.3 is 6.03 Å². The highest BCUT2D eigenvalue weighted by Crippen LogP contribution is 2.29. The zero-order valence-electron chi connectivity index (χ0n) is 13.1. The number of imide groups is 1. The normalized spacial score (nSPS) is 20.2. The minimum absolute atomic E-state index is 0.229. The Bertz CT molecular complexity index is 338. The quantitative estimate of drug-likeness (QED) is 0.689. The van der Waals surface area contributed by atoms with Gasteiger partial charge in [-0.25, -0.2) is 4.79 Å². The van der Waals surface area contributed by atoms with Crippen molar-refractivity contribution in [2.75, 3.05) is 33.2 Å². The summed E-state index contributed by atoms with van der Waals surface area (Å²) in [5.41, 5.74) is 0.229. The van der Waals surface area contributed by atoms with Crippen LogP contribution in [0.4, 0.5) is 4.79 Å². The molecule has 116 valence electrons. The number of hydrogen-bond acceptors (Lipinski definition) is 4. The molecule has 1 atom stereocenters. The van der Waals surface area contributed by atoms with E-state index in [0.717, 1.165) is 32.5 Å². The highest BCUT2D eigenvalue weighted by Gasteiger charge is 2.29. The maximum Gasteiger partial charge on any atom is 0.321 e. The first-order chi connectivity index (χ1) is 9.36. The number of urea groups is 1. The number of hydrogen-bond donors (Lipinski definition) is 3. The van der Waals surface area contributed by atoms with Gasteiger partial charge in [-0.3, -0.25) is 10.1 Å². The van der Waals surface area contributed by atoms with Crippen LogP contribution in [0.1, 0.15) is 33.6 Å².